The Morgan fingerprint density at radius 1 is 1.24 bits per heavy atom. The van der Waals surface area contributed by atoms with Crippen molar-refractivity contribution in [3.63, 3.8) is 0 Å². The molecule has 1 saturated carbocycles. The molecule has 0 spiro atoms. The first kappa shape index (κ1) is 18.0. The van der Waals surface area contributed by atoms with Crippen molar-refractivity contribution in [2.75, 3.05) is 24.5 Å². The maximum Gasteiger partial charge on any atom is 0.321 e. The molecule has 0 aromatic carbocycles. The van der Waals surface area contributed by atoms with Crippen molar-refractivity contribution >= 4 is 29.6 Å². The van der Waals surface area contributed by atoms with E-state index in [4.69, 9.17) is 0 Å². The third-order valence-electron chi connectivity index (χ3n) is 4.42. The molecule has 0 radical (unpaired) electrons. The van der Waals surface area contributed by atoms with E-state index in [1.807, 2.05) is 6.92 Å². The van der Waals surface area contributed by atoms with E-state index in [-0.39, 0.29) is 5.91 Å². The van der Waals surface area contributed by atoms with Crippen molar-refractivity contribution in [1.29, 1.82) is 0 Å². The molecule has 9 heteroatoms. The number of carbonyl (C=O) groups is 2. The van der Waals surface area contributed by atoms with Gasteiger partial charge < -0.3 is 10.2 Å². The summed E-state index contributed by atoms with van der Waals surface area (Å²) in [5.41, 5.74) is 0. The van der Waals surface area contributed by atoms with Gasteiger partial charge in [-0.05, 0) is 46.0 Å². The minimum Gasteiger partial charge on any atom is -0.341 e. The molecule has 138 valence electrons. The van der Waals surface area contributed by atoms with E-state index in [9.17, 15) is 9.59 Å². The molecule has 1 aromatic heterocycles. The third-order valence-corrected chi connectivity index (χ3v) is 5.48. The van der Waals surface area contributed by atoms with Gasteiger partial charge in [0.05, 0.1) is 5.25 Å². The normalized spacial score (nSPS) is 18.7. The number of hydrogen-bond donors (Lipinski definition) is 2. The minimum absolute atomic E-state index is 0.319. The van der Waals surface area contributed by atoms with Crippen LogP contribution in [0, 0.1) is 0 Å². The lowest BCUT2D eigenvalue weighted by molar-refractivity contribution is -0.119. The number of thioether (sulfide) groups is 1. The van der Waals surface area contributed by atoms with Gasteiger partial charge in [0.2, 0.25) is 11.9 Å². The van der Waals surface area contributed by atoms with E-state index in [1.165, 1.54) is 31.0 Å². The number of amides is 3. The van der Waals surface area contributed by atoms with Crippen molar-refractivity contribution in [3.8, 4) is 0 Å². The first-order valence-corrected chi connectivity index (χ1v) is 9.93. The van der Waals surface area contributed by atoms with Crippen molar-refractivity contribution in [3.05, 3.63) is 0 Å². The fraction of sp³-hybridized carbons (Fsp3) is 0.750. The van der Waals surface area contributed by atoms with Crippen LogP contribution in [-0.2, 0) is 4.79 Å². The van der Waals surface area contributed by atoms with Crippen LogP contribution in [0.15, 0.2) is 5.16 Å². The number of nitrogens with zero attached hydrogens (tertiary/aromatic N) is 4. The number of urea groups is 1. The first-order valence-electron chi connectivity index (χ1n) is 9.05. The molecular formula is C16H26N6O2S. The average Bonchev–Trinajstić information content (AvgIpc) is 3.36. The summed E-state index contributed by atoms with van der Waals surface area (Å²) >= 11 is 1.36. The Labute approximate surface area is 152 Å². The Hall–Kier alpha value is -1.77. The maximum atomic E-state index is 12.2. The lowest BCUT2D eigenvalue weighted by atomic mass is 10.1. The van der Waals surface area contributed by atoms with Gasteiger partial charge in [-0.2, -0.15) is 0 Å². The topological polar surface area (TPSA) is 92.2 Å². The SMILES string of the molecule is CCNC(=O)NC(=O)C(C)Sc1nnc(N2CCCCC2)n1C1CC1. The van der Waals surface area contributed by atoms with E-state index >= 15 is 0 Å². The van der Waals surface area contributed by atoms with E-state index in [0.717, 1.165) is 37.0 Å². The van der Waals surface area contributed by atoms with Crippen molar-refractivity contribution in [2.45, 2.75) is 62.4 Å². The van der Waals surface area contributed by atoms with E-state index in [0.29, 0.717) is 12.6 Å². The summed E-state index contributed by atoms with van der Waals surface area (Å²) in [5, 5.41) is 14.0. The molecule has 2 N–H and O–H groups in total. The predicted octanol–water partition coefficient (Wildman–Crippen LogP) is 1.93. The Bertz CT molecular complexity index is 624. The van der Waals surface area contributed by atoms with Gasteiger partial charge in [-0.25, -0.2) is 4.79 Å². The zero-order valence-electron chi connectivity index (χ0n) is 14.8. The fourth-order valence-electron chi connectivity index (χ4n) is 2.94. The summed E-state index contributed by atoms with van der Waals surface area (Å²) in [4.78, 5) is 26.0. The predicted molar refractivity (Wildman–Crippen MR) is 96.9 cm³/mol. The Balaban J connectivity index is 1.68. The number of anilines is 1. The van der Waals surface area contributed by atoms with Crippen molar-refractivity contribution in [1.82, 2.24) is 25.4 Å². The fourth-order valence-corrected chi connectivity index (χ4v) is 3.86. The van der Waals surface area contributed by atoms with Gasteiger partial charge in [-0.15, -0.1) is 10.2 Å². The summed E-state index contributed by atoms with van der Waals surface area (Å²) < 4.78 is 2.19. The van der Waals surface area contributed by atoms with Gasteiger partial charge in [0.15, 0.2) is 5.16 Å². The van der Waals surface area contributed by atoms with Crippen molar-refractivity contribution in [2.24, 2.45) is 0 Å². The van der Waals surface area contributed by atoms with Crippen molar-refractivity contribution < 1.29 is 9.59 Å². The van der Waals surface area contributed by atoms with Crippen LogP contribution in [0.25, 0.3) is 0 Å². The molecule has 1 aromatic rings. The molecule has 3 rings (SSSR count). The second-order valence-corrected chi connectivity index (χ2v) is 7.85. The molecule has 3 amide bonds. The van der Waals surface area contributed by atoms with Crippen LogP contribution in [0.3, 0.4) is 0 Å². The van der Waals surface area contributed by atoms with Crippen LogP contribution in [0.1, 0.15) is 52.0 Å². The molecule has 0 bridgehead atoms. The lowest BCUT2D eigenvalue weighted by Crippen LogP contribution is -2.42. The lowest BCUT2D eigenvalue weighted by Gasteiger charge is -2.28. The smallest absolute Gasteiger partial charge is 0.321 e. The maximum absolute atomic E-state index is 12.2. The van der Waals surface area contributed by atoms with Crippen LogP contribution in [0.4, 0.5) is 10.7 Å². The second kappa shape index (κ2) is 8.07. The number of nitrogens with one attached hydrogen (secondary N) is 2. The monoisotopic (exact) mass is 366 g/mol. The highest BCUT2D eigenvalue weighted by Gasteiger charge is 2.33. The Morgan fingerprint density at radius 3 is 2.60 bits per heavy atom. The standard InChI is InChI=1S/C16H26N6O2S/c1-3-17-14(24)18-13(23)11(2)25-16-20-19-15(22(16)12-7-8-12)21-9-5-4-6-10-21/h11-12H,3-10H2,1-2H3,(H2,17,18,23,24). The van der Waals surface area contributed by atoms with Gasteiger partial charge in [0.1, 0.15) is 0 Å². The van der Waals surface area contributed by atoms with E-state index in [2.05, 4.69) is 30.3 Å². The number of piperidine rings is 1. The van der Waals surface area contributed by atoms with Gasteiger partial charge in [-0.1, -0.05) is 11.8 Å². The van der Waals surface area contributed by atoms with Crippen LogP contribution in [0.5, 0.6) is 0 Å². The minimum atomic E-state index is -0.461. The summed E-state index contributed by atoms with van der Waals surface area (Å²) in [6.45, 7) is 6.11. The highest BCUT2D eigenvalue weighted by atomic mass is 32.2. The molecule has 8 nitrogen and oxygen atoms in total. The van der Waals surface area contributed by atoms with Gasteiger partial charge >= 0.3 is 6.03 Å². The molecular weight excluding hydrogens is 340 g/mol. The molecule has 1 saturated heterocycles. The van der Waals surface area contributed by atoms with Crippen LogP contribution in [-0.4, -0.2) is 51.6 Å². The summed E-state index contributed by atoms with van der Waals surface area (Å²) in [6, 6.07) is -0.0225. The number of aromatic nitrogens is 3. The zero-order valence-corrected chi connectivity index (χ0v) is 15.6. The molecule has 1 aliphatic heterocycles. The molecule has 1 atom stereocenters. The molecule has 2 aliphatic rings. The van der Waals surface area contributed by atoms with Crippen LogP contribution < -0.4 is 15.5 Å². The zero-order chi connectivity index (χ0) is 17.8. The van der Waals surface area contributed by atoms with Gasteiger partial charge in [-0.3, -0.25) is 14.7 Å². The summed E-state index contributed by atoms with van der Waals surface area (Å²) in [6.07, 6.45) is 5.90. The summed E-state index contributed by atoms with van der Waals surface area (Å²) in [5.74, 6) is 0.613. The van der Waals surface area contributed by atoms with Gasteiger partial charge in [0.25, 0.3) is 0 Å². The third kappa shape index (κ3) is 4.45. The largest absolute Gasteiger partial charge is 0.341 e. The highest BCUT2D eigenvalue weighted by molar-refractivity contribution is 8.00. The quantitative estimate of drug-likeness (QED) is 0.748. The molecule has 2 heterocycles. The van der Waals surface area contributed by atoms with Gasteiger partial charge in [0, 0.05) is 25.7 Å². The molecule has 1 unspecified atom stereocenters. The Morgan fingerprint density at radius 2 is 1.96 bits per heavy atom. The second-order valence-electron chi connectivity index (χ2n) is 6.54. The number of hydrogen-bond acceptors (Lipinski definition) is 6. The number of carbonyl (C=O) groups excluding carboxylic acids is 2. The van der Waals surface area contributed by atoms with Crippen LogP contribution in [0.2, 0.25) is 0 Å². The number of imide groups is 1. The molecule has 2 fully saturated rings. The van der Waals surface area contributed by atoms with E-state index in [1.54, 1.807) is 6.92 Å². The Kier molecular flexibility index (Phi) is 5.82. The average molecular weight is 366 g/mol. The van der Waals surface area contributed by atoms with E-state index < -0.39 is 11.3 Å². The molecule has 1 aliphatic carbocycles. The first-order chi connectivity index (χ1) is 12.1. The number of rotatable bonds is 6. The van der Waals surface area contributed by atoms with Crippen LogP contribution >= 0.6 is 11.8 Å². The molecule has 25 heavy (non-hydrogen) atoms. The highest BCUT2D eigenvalue weighted by Crippen LogP contribution is 2.41. The summed E-state index contributed by atoms with van der Waals surface area (Å²) in [7, 11) is 0.